The number of nitrogens with two attached hydrogens (primary N) is 1. The lowest BCUT2D eigenvalue weighted by atomic mass is 9.99. The molecule has 4 rings (SSSR count). The molecule has 0 fully saturated rings. The summed E-state index contributed by atoms with van der Waals surface area (Å²) in [6, 6.07) is 12.3. The number of aryl methyl sites for hydroxylation is 2. The number of benzene rings is 1. The lowest BCUT2D eigenvalue weighted by molar-refractivity contribution is -0.137. The molecule has 0 atom stereocenters. The van der Waals surface area contributed by atoms with Crippen LogP contribution >= 0.6 is 0 Å². The van der Waals surface area contributed by atoms with E-state index >= 15 is 0 Å². The molecule has 0 saturated carbocycles. The standard InChI is InChI=1S/C21H19F3N6O2/c1-12-9-14(10-15(11-31)26-12)16-17(13-5-3-2-4-6-13)27-19(25)30-18(16)28-29(20(30)32)8-7-21(22,23)24/h2-6,9-10,31H,7-8,11H2,1H3,(H2,25,27). The maximum absolute atomic E-state index is 12.8. The zero-order valence-electron chi connectivity index (χ0n) is 17.0. The van der Waals surface area contributed by atoms with Crippen LogP contribution in [0.5, 0.6) is 0 Å². The number of aliphatic hydroxyl groups is 1. The lowest BCUT2D eigenvalue weighted by Gasteiger charge is -2.13. The van der Waals surface area contributed by atoms with Gasteiger partial charge in [0, 0.05) is 11.3 Å². The summed E-state index contributed by atoms with van der Waals surface area (Å²) < 4.78 is 40.0. The molecule has 0 unspecified atom stereocenters. The van der Waals surface area contributed by atoms with E-state index in [0.717, 1.165) is 9.08 Å². The second-order valence-corrected chi connectivity index (χ2v) is 7.24. The number of alkyl halides is 3. The zero-order valence-corrected chi connectivity index (χ0v) is 17.0. The first-order valence-electron chi connectivity index (χ1n) is 9.68. The van der Waals surface area contributed by atoms with Crippen LogP contribution in [0.1, 0.15) is 17.8 Å². The van der Waals surface area contributed by atoms with E-state index in [2.05, 4.69) is 15.1 Å². The minimum absolute atomic E-state index is 0.0676. The predicted molar refractivity (Wildman–Crippen MR) is 112 cm³/mol. The first-order chi connectivity index (χ1) is 15.2. The van der Waals surface area contributed by atoms with Gasteiger partial charge in [-0.2, -0.15) is 13.2 Å². The van der Waals surface area contributed by atoms with Crippen molar-refractivity contribution in [1.29, 1.82) is 0 Å². The highest BCUT2D eigenvalue weighted by Crippen LogP contribution is 2.35. The molecule has 4 aromatic rings. The van der Waals surface area contributed by atoms with Gasteiger partial charge in [0.2, 0.25) is 5.95 Å². The molecule has 0 aliphatic rings. The minimum atomic E-state index is -4.45. The molecule has 11 heteroatoms. The molecule has 0 bridgehead atoms. The Balaban J connectivity index is 2.05. The molecule has 0 amide bonds. The van der Waals surface area contributed by atoms with E-state index in [1.807, 2.05) is 6.07 Å². The molecule has 166 valence electrons. The van der Waals surface area contributed by atoms with Crippen molar-refractivity contribution in [2.24, 2.45) is 0 Å². The van der Waals surface area contributed by atoms with E-state index in [1.54, 1.807) is 43.3 Å². The average molecular weight is 444 g/mol. The smallest absolute Gasteiger partial charge is 0.390 e. The number of halogens is 3. The van der Waals surface area contributed by atoms with E-state index in [4.69, 9.17) is 5.73 Å². The van der Waals surface area contributed by atoms with E-state index in [0.29, 0.717) is 33.8 Å². The van der Waals surface area contributed by atoms with Crippen molar-refractivity contribution < 1.29 is 18.3 Å². The van der Waals surface area contributed by atoms with Crippen molar-refractivity contribution in [2.75, 3.05) is 5.73 Å². The Hall–Kier alpha value is -3.73. The maximum atomic E-state index is 12.8. The number of hydrogen-bond acceptors (Lipinski definition) is 6. The number of aliphatic hydroxyl groups excluding tert-OH is 1. The van der Waals surface area contributed by atoms with Gasteiger partial charge in [-0.05, 0) is 24.6 Å². The predicted octanol–water partition coefficient (Wildman–Crippen LogP) is 2.96. The maximum Gasteiger partial charge on any atom is 0.390 e. The van der Waals surface area contributed by atoms with Crippen LogP contribution in [-0.4, -0.2) is 35.4 Å². The second kappa shape index (κ2) is 8.08. The van der Waals surface area contributed by atoms with Gasteiger partial charge in [0.05, 0.1) is 36.5 Å². The normalized spacial score (nSPS) is 11.9. The summed E-state index contributed by atoms with van der Waals surface area (Å²) in [5, 5.41) is 13.8. The molecule has 0 spiro atoms. The fourth-order valence-electron chi connectivity index (χ4n) is 3.51. The highest BCUT2D eigenvalue weighted by atomic mass is 19.4. The van der Waals surface area contributed by atoms with Gasteiger partial charge < -0.3 is 10.8 Å². The largest absolute Gasteiger partial charge is 0.390 e. The van der Waals surface area contributed by atoms with Crippen LogP contribution in [0.25, 0.3) is 28.0 Å². The van der Waals surface area contributed by atoms with Crippen LogP contribution in [0.3, 0.4) is 0 Å². The number of aromatic nitrogens is 5. The molecular formula is C21H19F3N6O2. The third-order valence-corrected chi connectivity index (χ3v) is 4.87. The number of nitrogen functional groups attached to an aromatic ring is 1. The number of fused-ring (bicyclic) bond motifs is 1. The SMILES string of the molecule is Cc1cc(-c2c(-c3ccccc3)nc(N)n3c(=O)n(CCC(F)(F)F)nc23)cc(CO)n1. The van der Waals surface area contributed by atoms with Crippen molar-refractivity contribution in [2.45, 2.75) is 32.7 Å². The van der Waals surface area contributed by atoms with Gasteiger partial charge in [-0.15, -0.1) is 5.10 Å². The average Bonchev–Trinajstić information content (AvgIpc) is 3.08. The number of hydrogen-bond donors (Lipinski definition) is 2. The first-order valence-corrected chi connectivity index (χ1v) is 9.68. The summed E-state index contributed by atoms with van der Waals surface area (Å²) in [5.74, 6) is -0.195. The summed E-state index contributed by atoms with van der Waals surface area (Å²) in [4.78, 5) is 21.5. The fourth-order valence-corrected chi connectivity index (χ4v) is 3.51. The Kier molecular flexibility index (Phi) is 5.43. The molecule has 0 saturated heterocycles. The van der Waals surface area contributed by atoms with Crippen LogP contribution < -0.4 is 11.4 Å². The van der Waals surface area contributed by atoms with Gasteiger partial charge in [0.15, 0.2) is 5.65 Å². The van der Waals surface area contributed by atoms with E-state index in [1.165, 1.54) is 0 Å². The van der Waals surface area contributed by atoms with Crippen LogP contribution in [0, 0.1) is 6.92 Å². The lowest BCUT2D eigenvalue weighted by Crippen LogP contribution is -2.25. The molecule has 0 aliphatic heterocycles. The van der Waals surface area contributed by atoms with Crippen LogP contribution in [0.15, 0.2) is 47.3 Å². The number of pyridine rings is 1. The number of anilines is 1. The fraction of sp³-hybridized carbons (Fsp3) is 0.238. The molecule has 3 heterocycles. The van der Waals surface area contributed by atoms with Crippen LogP contribution in [-0.2, 0) is 13.2 Å². The Labute approximate surface area is 179 Å². The van der Waals surface area contributed by atoms with Gasteiger partial charge in [-0.25, -0.2) is 18.9 Å². The highest BCUT2D eigenvalue weighted by molar-refractivity contribution is 5.90. The van der Waals surface area contributed by atoms with E-state index in [-0.39, 0.29) is 18.2 Å². The Morgan fingerprint density at radius 2 is 1.81 bits per heavy atom. The minimum Gasteiger partial charge on any atom is -0.390 e. The molecule has 0 aliphatic carbocycles. The third kappa shape index (κ3) is 4.06. The Morgan fingerprint density at radius 3 is 2.47 bits per heavy atom. The number of rotatable bonds is 5. The van der Waals surface area contributed by atoms with Gasteiger partial charge in [0.25, 0.3) is 0 Å². The molecule has 0 radical (unpaired) electrons. The topological polar surface area (TPSA) is 111 Å². The molecule has 3 aromatic heterocycles. The van der Waals surface area contributed by atoms with E-state index < -0.39 is 24.8 Å². The van der Waals surface area contributed by atoms with Crippen molar-refractivity contribution in [3.05, 3.63) is 64.3 Å². The molecule has 32 heavy (non-hydrogen) atoms. The summed E-state index contributed by atoms with van der Waals surface area (Å²) in [6.07, 6.45) is -5.66. The van der Waals surface area contributed by atoms with Crippen molar-refractivity contribution in [3.63, 3.8) is 0 Å². The first kappa shape index (κ1) is 21.5. The monoisotopic (exact) mass is 444 g/mol. The molecule has 1 aromatic carbocycles. The molecule has 3 N–H and O–H groups in total. The van der Waals surface area contributed by atoms with Crippen molar-refractivity contribution in [3.8, 4) is 22.4 Å². The Morgan fingerprint density at radius 1 is 1.09 bits per heavy atom. The van der Waals surface area contributed by atoms with Crippen LogP contribution in [0.4, 0.5) is 19.1 Å². The van der Waals surface area contributed by atoms with E-state index in [9.17, 15) is 23.1 Å². The van der Waals surface area contributed by atoms with Crippen molar-refractivity contribution >= 4 is 11.6 Å². The summed E-state index contributed by atoms with van der Waals surface area (Å²) in [5.41, 5.74) is 8.30. The number of nitrogens with zero attached hydrogens (tertiary/aromatic N) is 5. The molecular weight excluding hydrogens is 425 g/mol. The summed E-state index contributed by atoms with van der Waals surface area (Å²) in [7, 11) is 0. The van der Waals surface area contributed by atoms with Gasteiger partial charge in [-0.1, -0.05) is 30.3 Å². The van der Waals surface area contributed by atoms with Crippen LogP contribution in [0.2, 0.25) is 0 Å². The summed E-state index contributed by atoms with van der Waals surface area (Å²) in [6.45, 7) is 0.766. The third-order valence-electron chi connectivity index (χ3n) is 4.87. The highest BCUT2D eigenvalue weighted by Gasteiger charge is 2.28. The quantitative estimate of drug-likeness (QED) is 0.490. The van der Waals surface area contributed by atoms with Gasteiger partial charge in [0.1, 0.15) is 0 Å². The second-order valence-electron chi connectivity index (χ2n) is 7.24. The van der Waals surface area contributed by atoms with Gasteiger partial charge >= 0.3 is 11.9 Å². The summed E-state index contributed by atoms with van der Waals surface area (Å²) >= 11 is 0. The van der Waals surface area contributed by atoms with Gasteiger partial charge in [-0.3, -0.25) is 4.98 Å². The Bertz CT molecular complexity index is 1350. The van der Waals surface area contributed by atoms with Crippen molar-refractivity contribution in [1.82, 2.24) is 24.1 Å². The molecule has 8 nitrogen and oxygen atoms in total. The zero-order chi connectivity index (χ0) is 23.0.